The second-order valence-corrected chi connectivity index (χ2v) is 18.5. The molecule has 0 bridgehead atoms. The molecule has 1 radical (unpaired) electrons. The monoisotopic (exact) mass is 831 g/mol. The van der Waals surface area contributed by atoms with Crippen molar-refractivity contribution in [2.75, 3.05) is 0 Å². The van der Waals surface area contributed by atoms with Crippen LogP contribution in [0.5, 0.6) is 0 Å². The van der Waals surface area contributed by atoms with E-state index in [-0.39, 0.29) is 20.1 Å². The van der Waals surface area contributed by atoms with Crippen LogP contribution in [0.1, 0.15) is 25.3 Å². The van der Waals surface area contributed by atoms with Gasteiger partial charge in [0.2, 0.25) is 0 Å². The zero-order valence-corrected chi connectivity index (χ0v) is 31.8. The van der Waals surface area contributed by atoms with E-state index < -0.39 is 8.07 Å². The molecule has 0 amide bonds. The Balaban J connectivity index is 0.000000183. The molecule has 0 spiro atoms. The van der Waals surface area contributed by atoms with Gasteiger partial charge in [-0.15, -0.1) is 48.0 Å². The Labute approximate surface area is 303 Å². The largest absolute Gasteiger partial charge is 0.501 e. The second-order valence-electron chi connectivity index (χ2n) is 13.5. The van der Waals surface area contributed by atoms with Gasteiger partial charge < -0.3 is 14.4 Å². The maximum absolute atomic E-state index is 6.34. The molecule has 0 aliphatic carbocycles. The van der Waals surface area contributed by atoms with Gasteiger partial charge in [0.15, 0.2) is 0 Å². The summed E-state index contributed by atoms with van der Waals surface area (Å²) >= 11 is 0. The van der Waals surface area contributed by atoms with Crippen LogP contribution in [0.4, 0.5) is 0 Å². The first-order valence-electron chi connectivity index (χ1n) is 16.5. The van der Waals surface area contributed by atoms with Crippen molar-refractivity contribution in [3.05, 3.63) is 151 Å². The van der Waals surface area contributed by atoms with Crippen molar-refractivity contribution in [1.29, 1.82) is 0 Å². The van der Waals surface area contributed by atoms with Gasteiger partial charge in [0, 0.05) is 37.9 Å². The quantitative estimate of drug-likeness (QED) is 0.128. The van der Waals surface area contributed by atoms with Gasteiger partial charge in [0.25, 0.3) is 0 Å². The molecule has 49 heavy (non-hydrogen) atoms. The first kappa shape index (κ1) is 34.2. The molecule has 3 heterocycles. The van der Waals surface area contributed by atoms with Crippen molar-refractivity contribution in [2.24, 2.45) is 0 Å². The van der Waals surface area contributed by atoms with Crippen molar-refractivity contribution < 1.29 is 24.5 Å². The Morgan fingerprint density at radius 2 is 1.39 bits per heavy atom. The Morgan fingerprint density at radius 1 is 0.694 bits per heavy atom. The van der Waals surface area contributed by atoms with E-state index in [4.69, 9.17) is 9.40 Å². The third-order valence-corrected chi connectivity index (χ3v) is 10.8. The summed E-state index contributed by atoms with van der Waals surface area (Å²) in [6.07, 6.45) is 4.01. The Kier molecular flexibility index (Phi) is 10.1. The molecule has 8 aromatic rings. The minimum absolute atomic E-state index is 0. The van der Waals surface area contributed by atoms with Gasteiger partial charge in [0.05, 0.1) is 13.7 Å². The standard InChI is InChI=1S/C27H16NO.C17H22NSi.Ir/c1-2-8-18(9-3-1)21-14-15-22(24-16-19-10-4-5-11-20(19)17-28-24)27-26(21)23-12-6-7-13-25(23)29-27;1-13(2)15-11-16(14-9-7-6-8-10-14)18-12-17(15)19(3,4)5;/h1-14,16-17H;6-9,11-13H,1-5H3;/q2*-1;. The number of nitrogens with zero attached hydrogens (tertiary/aromatic N) is 2. The van der Waals surface area contributed by atoms with Crippen LogP contribution in [0.2, 0.25) is 19.6 Å². The Bertz CT molecular complexity index is 2360. The molecule has 0 aliphatic rings. The number of hydrogen-bond donors (Lipinski definition) is 0. The zero-order chi connectivity index (χ0) is 33.3. The van der Waals surface area contributed by atoms with Crippen LogP contribution in [-0.2, 0) is 20.1 Å². The number of hydrogen-bond acceptors (Lipinski definition) is 3. The first-order valence-corrected chi connectivity index (χ1v) is 20.0. The molecule has 5 aromatic carbocycles. The predicted octanol–water partition coefficient (Wildman–Crippen LogP) is 11.5. The summed E-state index contributed by atoms with van der Waals surface area (Å²) in [5.74, 6) is 0.534. The number of furan rings is 1. The van der Waals surface area contributed by atoms with Gasteiger partial charge in [-0.1, -0.05) is 141 Å². The Morgan fingerprint density at radius 3 is 2.12 bits per heavy atom. The average molecular weight is 831 g/mol. The molecule has 0 atom stereocenters. The Hall–Kier alpha value is -4.67. The number of aromatic nitrogens is 2. The summed E-state index contributed by atoms with van der Waals surface area (Å²) < 4.78 is 6.34. The van der Waals surface area contributed by atoms with Gasteiger partial charge in [-0.3, -0.25) is 0 Å². The molecule has 0 unspecified atom stereocenters. The van der Waals surface area contributed by atoms with Gasteiger partial charge in [-0.2, -0.15) is 0 Å². The smallest absolute Gasteiger partial charge is 0.120 e. The maximum atomic E-state index is 6.34. The van der Waals surface area contributed by atoms with E-state index in [2.05, 4.69) is 130 Å². The molecule has 0 N–H and O–H groups in total. The third-order valence-electron chi connectivity index (χ3n) is 8.78. The molecule has 3 nitrogen and oxygen atoms in total. The molecule has 0 saturated heterocycles. The number of rotatable bonds is 5. The third kappa shape index (κ3) is 7.07. The normalized spacial score (nSPS) is 11.4. The number of benzene rings is 5. The number of pyridine rings is 2. The van der Waals surface area contributed by atoms with Gasteiger partial charge in [-0.05, 0) is 44.7 Å². The van der Waals surface area contributed by atoms with E-state index in [0.29, 0.717) is 5.92 Å². The molecule has 8 rings (SSSR count). The van der Waals surface area contributed by atoms with E-state index >= 15 is 0 Å². The van der Waals surface area contributed by atoms with Crippen LogP contribution in [-0.4, -0.2) is 18.0 Å². The number of para-hydroxylation sites is 1. The fourth-order valence-electron chi connectivity index (χ4n) is 6.30. The fourth-order valence-corrected chi connectivity index (χ4v) is 7.98. The molecule has 0 fully saturated rings. The molecule has 0 saturated carbocycles. The van der Waals surface area contributed by atoms with Gasteiger partial charge >= 0.3 is 0 Å². The first-order chi connectivity index (χ1) is 23.3. The van der Waals surface area contributed by atoms with Gasteiger partial charge in [0.1, 0.15) is 5.58 Å². The SMILES string of the molecule is CC(C)c1cc(-c2[c-]cccc2)ncc1[Si](C)(C)C.[Ir].[c-]1cc(-c2ccccc2)c2c(oc3ccccc32)c1-c1cc2ccccc2cn1. The molecule has 5 heteroatoms. The summed E-state index contributed by atoms with van der Waals surface area (Å²) in [5, 5.41) is 5.97. The van der Waals surface area contributed by atoms with Crippen LogP contribution in [0.25, 0.3) is 66.4 Å². The van der Waals surface area contributed by atoms with Crippen molar-refractivity contribution >= 4 is 46.0 Å². The van der Waals surface area contributed by atoms with Crippen molar-refractivity contribution in [3.8, 4) is 33.6 Å². The summed E-state index contributed by atoms with van der Waals surface area (Å²) in [7, 11) is -1.34. The van der Waals surface area contributed by atoms with E-state index in [0.717, 1.165) is 66.4 Å². The molecule has 0 aliphatic heterocycles. The van der Waals surface area contributed by atoms with Crippen LogP contribution < -0.4 is 5.19 Å². The van der Waals surface area contributed by atoms with Crippen LogP contribution in [0, 0.1) is 12.1 Å². The van der Waals surface area contributed by atoms with Crippen LogP contribution >= 0.6 is 0 Å². The van der Waals surface area contributed by atoms with Crippen molar-refractivity contribution in [3.63, 3.8) is 0 Å². The minimum atomic E-state index is -1.34. The molecular formula is C44H38IrN2OSi-2. The molecular weight excluding hydrogens is 793 g/mol. The fraction of sp³-hybridized carbons (Fsp3) is 0.136. The average Bonchev–Trinajstić information content (AvgIpc) is 3.51. The predicted molar refractivity (Wildman–Crippen MR) is 204 cm³/mol. The van der Waals surface area contributed by atoms with E-state index in [1.54, 1.807) is 0 Å². The van der Waals surface area contributed by atoms with E-state index in [9.17, 15) is 0 Å². The molecule has 245 valence electrons. The van der Waals surface area contributed by atoms with Crippen LogP contribution in [0.3, 0.4) is 0 Å². The topological polar surface area (TPSA) is 38.9 Å². The summed E-state index contributed by atoms with van der Waals surface area (Å²) in [4.78, 5) is 9.37. The van der Waals surface area contributed by atoms with Gasteiger partial charge in [-0.25, -0.2) is 0 Å². The second kappa shape index (κ2) is 14.4. The van der Waals surface area contributed by atoms with Crippen molar-refractivity contribution in [1.82, 2.24) is 9.97 Å². The van der Waals surface area contributed by atoms with E-state index in [1.165, 1.54) is 10.8 Å². The summed E-state index contributed by atoms with van der Waals surface area (Å²) in [6.45, 7) is 11.7. The van der Waals surface area contributed by atoms with Crippen molar-refractivity contribution in [2.45, 2.75) is 39.4 Å². The summed E-state index contributed by atoms with van der Waals surface area (Å²) in [6, 6.07) is 48.0. The number of fused-ring (bicyclic) bond motifs is 4. The van der Waals surface area contributed by atoms with E-state index in [1.807, 2.05) is 54.7 Å². The maximum Gasteiger partial charge on any atom is 0.120 e. The summed E-state index contributed by atoms with van der Waals surface area (Å²) in [5.41, 5.74) is 9.29. The zero-order valence-electron chi connectivity index (χ0n) is 28.4. The molecule has 3 aromatic heterocycles. The minimum Gasteiger partial charge on any atom is -0.501 e. The van der Waals surface area contributed by atoms with Crippen LogP contribution in [0.15, 0.2) is 138 Å².